The first-order valence-electron chi connectivity index (χ1n) is 16.1. The molecule has 0 N–H and O–H groups in total. The quantitative estimate of drug-likeness (QED) is 0.173. The summed E-state index contributed by atoms with van der Waals surface area (Å²) in [6.07, 6.45) is 0. The molecule has 5 heteroatoms. The van der Waals surface area contributed by atoms with Crippen LogP contribution in [0, 0.1) is 0 Å². The lowest BCUT2D eigenvalue weighted by Gasteiger charge is -2.11. The number of aromatic nitrogens is 2. The molecule has 0 saturated heterocycles. The molecule has 222 valence electrons. The maximum Gasteiger partial charge on any atom is 0.147 e. The summed E-state index contributed by atoms with van der Waals surface area (Å²) in [5, 5.41) is 9.70. The number of nitrogens with zero attached hydrogens (tertiary/aromatic N) is 2. The van der Waals surface area contributed by atoms with Crippen molar-refractivity contribution in [1.82, 2.24) is 9.38 Å². The molecule has 5 heterocycles. The number of hydrogen-bond donors (Lipinski definition) is 0. The van der Waals surface area contributed by atoms with Crippen LogP contribution in [-0.4, -0.2) is 9.38 Å². The summed E-state index contributed by atoms with van der Waals surface area (Å²) >= 11 is 0. The normalized spacial score (nSPS) is 12.6. The van der Waals surface area contributed by atoms with Crippen LogP contribution in [0.25, 0.3) is 115 Å². The number of benzene rings is 7. The molecular weight excluding hydrogens is 592 g/mol. The van der Waals surface area contributed by atoms with E-state index in [0.29, 0.717) is 0 Å². The van der Waals surface area contributed by atoms with Gasteiger partial charge in [-0.25, -0.2) is 4.98 Å². The van der Waals surface area contributed by atoms with Crippen molar-refractivity contribution >= 4 is 104 Å². The average molecular weight is 615 g/mol. The van der Waals surface area contributed by atoms with Crippen LogP contribution < -0.4 is 0 Å². The smallest absolute Gasteiger partial charge is 0.147 e. The lowest BCUT2D eigenvalue weighted by Crippen LogP contribution is -1.92. The molecule has 0 unspecified atom stereocenters. The monoisotopic (exact) mass is 614 g/mol. The molecule has 0 amide bonds. The summed E-state index contributed by atoms with van der Waals surface area (Å²) in [5.74, 6) is 0. The van der Waals surface area contributed by atoms with Crippen LogP contribution >= 0.6 is 0 Å². The number of para-hydroxylation sites is 4. The van der Waals surface area contributed by atoms with Gasteiger partial charge < -0.3 is 13.3 Å². The summed E-state index contributed by atoms with van der Waals surface area (Å²) in [6, 6.07) is 46.4. The van der Waals surface area contributed by atoms with Crippen LogP contribution in [0.4, 0.5) is 0 Å². The number of hydrogen-bond acceptors (Lipinski definition) is 4. The van der Waals surface area contributed by atoms with Gasteiger partial charge in [-0.3, -0.25) is 4.40 Å². The lowest BCUT2D eigenvalue weighted by molar-refractivity contribution is 0.660. The van der Waals surface area contributed by atoms with Crippen LogP contribution in [0.3, 0.4) is 0 Å². The third-order valence-electron chi connectivity index (χ3n) is 10.2. The number of imidazole rings is 1. The Morgan fingerprint density at radius 2 is 1.12 bits per heavy atom. The van der Waals surface area contributed by atoms with Crippen molar-refractivity contribution in [2.75, 3.05) is 0 Å². The molecule has 12 aromatic rings. The molecule has 7 aromatic carbocycles. The molecular formula is C43H22N2O3. The van der Waals surface area contributed by atoms with Crippen LogP contribution in [0.5, 0.6) is 0 Å². The molecule has 0 aliphatic rings. The van der Waals surface area contributed by atoms with Crippen LogP contribution in [0.1, 0.15) is 0 Å². The van der Waals surface area contributed by atoms with E-state index in [-0.39, 0.29) is 0 Å². The van der Waals surface area contributed by atoms with E-state index in [9.17, 15) is 0 Å². The third-order valence-corrected chi connectivity index (χ3v) is 10.2. The summed E-state index contributed by atoms with van der Waals surface area (Å²) in [7, 11) is 0. The van der Waals surface area contributed by atoms with Crippen molar-refractivity contribution in [3.8, 4) is 11.1 Å². The van der Waals surface area contributed by atoms with Gasteiger partial charge in [-0.2, -0.15) is 0 Å². The first-order valence-corrected chi connectivity index (χ1v) is 16.1. The highest BCUT2D eigenvalue weighted by Gasteiger charge is 2.24. The molecule has 12 rings (SSSR count). The second kappa shape index (κ2) is 8.60. The van der Waals surface area contributed by atoms with Crippen molar-refractivity contribution in [2.24, 2.45) is 0 Å². The Bertz CT molecular complexity index is 3350. The van der Waals surface area contributed by atoms with Crippen molar-refractivity contribution in [1.29, 1.82) is 0 Å². The highest BCUT2D eigenvalue weighted by Crippen LogP contribution is 2.48. The maximum absolute atomic E-state index is 6.77. The number of furan rings is 3. The van der Waals surface area contributed by atoms with Gasteiger partial charge in [-0.05, 0) is 59.5 Å². The molecule has 0 fully saturated rings. The van der Waals surface area contributed by atoms with Gasteiger partial charge in [0.05, 0.1) is 21.9 Å². The molecule has 48 heavy (non-hydrogen) atoms. The minimum absolute atomic E-state index is 0.789. The fourth-order valence-corrected chi connectivity index (χ4v) is 8.10. The van der Waals surface area contributed by atoms with Gasteiger partial charge in [0.2, 0.25) is 0 Å². The summed E-state index contributed by atoms with van der Waals surface area (Å²) < 4.78 is 22.3. The lowest BCUT2D eigenvalue weighted by atomic mass is 9.96. The van der Waals surface area contributed by atoms with E-state index in [1.165, 1.54) is 10.8 Å². The molecule has 0 spiro atoms. The Hall–Kier alpha value is -6.59. The highest BCUT2D eigenvalue weighted by atomic mass is 16.3. The van der Waals surface area contributed by atoms with Gasteiger partial charge in [0.15, 0.2) is 0 Å². The first kappa shape index (κ1) is 24.6. The second-order valence-corrected chi connectivity index (χ2v) is 12.7. The third kappa shape index (κ3) is 2.99. The van der Waals surface area contributed by atoms with Gasteiger partial charge in [0.1, 0.15) is 39.1 Å². The number of rotatable bonds is 1. The minimum Gasteiger partial charge on any atom is -0.456 e. The molecule has 0 aliphatic carbocycles. The molecule has 0 saturated carbocycles. The summed E-state index contributed by atoms with van der Waals surface area (Å²) in [6.45, 7) is 0. The molecule has 5 nitrogen and oxygen atoms in total. The van der Waals surface area contributed by atoms with Gasteiger partial charge in [0.25, 0.3) is 0 Å². The Morgan fingerprint density at radius 1 is 0.417 bits per heavy atom. The van der Waals surface area contributed by atoms with Crippen LogP contribution in [0.15, 0.2) is 147 Å². The van der Waals surface area contributed by atoms with E-state index in [4.69, 9.17) is 18.2 Å². The summed E-state index contributed by atoms with van der Waals surface area (Å²) in [5.41, 5.74) is 11.0. The zero-order chi connectivity index (χ0) is 31.1. The fourth-order valence-electron chi connectivity index (χ4n) is 8.10. The minimum atomic E-state index is 0.789. The predicted octanol–water partition coefficient (Wildman–Crippen LogP) is 12.2. The van der Waals surface area contributed by atoms with Gasteiger partial charge >= 0.3 is 0 Å². The van der Waals surface area contributed by atoms with Crippen LogP contribution in [0.2, 0.25) is 0 Å². The van der Waals surface area contributed by atoms with Crippen LogP contribution in [-0.2, 0) is 0 Å². The Morgan fingerprint density at radius 3 is 2.02 bits per heavy atom. The number of fused-ring (bicyclic) bond motifs is 19. The molecule has 0 atom stereocenters. The maximum atomic E-state index is 6.77. The van der Waals surface area contributed by atoms with Crippen molar-refractivity contribution in [2.45, 2.75) is 0 Å². The second-order valence-electron chi connectivity index (χ2n) is 12.7. The van der Waals surface area contributed by atoms with E-state index in [0.717, 1.165) is 105 Å². The molecule has 0 aliphatic heterocycles. The molecule has 0 radical (unpaired) electrons. The standard InChI is InChI=1S/C43H22N2O3/c1-2-11-28-24(9-1)25-18-17-23(21-33(25)45-32-14-6-5-13-31(32)44-43(28)45)30-22-37-39(38-29-12-4-8-16-35(29)48-42(30)38)40-36(46-37)20-19-27-26-10-3-7-15-34(26)47-41(27)40/h1-22H. The van der Waals surface area contributed by atoms with E-state index >= 15 is 0 Å². The largest absolute Gasteiger partial charge is 0.456 e. The fraction of sp³-hybridized carbons (Fsp3) is 0. The van der Waals surface area contributed by atoms with E-state index in [1.807, 2.05) is 30.3 Å². The SMILES string of the molecule is c1ccc2c(c1)nc1c3ccccc3c3ccc(-c4cc5oc6ccc7c8ccccc8oc7c6c5c5c4oc4ccccc45)cc3n21. The van der Waals surface area contributed by atoms with E-state index in [2.05, 4.69) is 108 Å². The molecule has 0 bridgehead atoms. The predicted molar refractivity (Wildman–Crippen MR) is 195 cm³/mol. The topological polar surface area (TPSA) is 56.7 Å². The molecule has 5 aromatic heterocycles. The van der Waals surface area contributed by atoms with E-state index < -0.39 is 0 Å². The Kier molecular flexibility index (Phi) is 4.41. The van der Waals surface area contributed by atoms with Gasteiger partial charge in [0, 0.05) is 43.3 Å². The van der Waals surface area contributed by atoms with Gasteiger partial charge in [-0.1, -0.05) is 84.9 Å². The highest BCUT2D eigenvalue weighted by molar-refractivity contribution is 6.33. The van der Waals surface area contributed by atoms with Crippen molar-refractivity contribution < 1.29 is 13.3 Å². The first-order chi connectivity index (χ1) is 23.8. The zero-order valence-electron chi connectivity index (χ0n) is 25.3. The van der Waals surface area contributed by atoms with Crippen molar-refractivity contribution in [3.05, 3.63) is 133 Å². The Balaban J connectivity index is 1.25. The van der Waals surface area contributed by atoms with Crippen molar-refractivity contribution in [3.63, 3.8) is 0 Å². The van der Waals surface area contributed by atoms with Gasteiger partial charge in [-0.15, -0.1) is 0 Å². The zero-order valence-corrected chi connectivity index (χ0v) is 25.3. The summed E-state index contributed by atoms with van der Waals surface area (Å²) in [4.78, 5) is 5.10. The van der Waals surface area contributed by atoms with E-state index in [1.54, 1.807) is 0 Å². The average Bonchev–Trinajstić information content (AvgIpc) is 3.90. The number of pyridine rings is 1. The Labute approximate surface area is 270 Å².